The van der Waals surface area contributed by atoms with Gasteiger partial charge in [-0.05, 0) is 13.0 Å². The van der Waals surface area contributed by atoms with Crippen LogP contribution in [0.25, 0.3) is 0 Å². The van der Waals surface area contributed by atoms with Gasteiger partial charge in [-0.3, -0.25) is 5.10 Å². The van der Waals surface area contributed by atoms with E-state index in [-0.39, 0.29) is 5.69 Å². The molecule has 1 rings (SSSR count). The Morgan fingerprint density at radius 1 is 1.77 bits per heavy atom. The van der Waals surface area contributed by atoms with Gasteiger partial charge in [0, 0.05) is 5.69 Å². The zero-order valence-electron chi connectivity index (χ0n) is 6.84. The molecule has 0 unspecified atom stereocenters. The molecule has 0 spiro atoms. The molecule has 2 N–H and O–H groups in total. The molecule has 1 aromatic rings. The zero-order chi connectivity index (χ0) is 10.1. The molecule has 0 radical (unpaired) electrons. The smallest absolute Gasteiger partial charge is 0.374 e. The van der Waals surface area contributed by atoms with Gasteiger partial charge in [-0.2, -0.15) is 13.9 Å². The minimum atomic E-state index is -3.75. The Morgan fingerprint density at radius 3 is 2.77 bits per heavy atom. The Bertz CT molecular complexity index is 322. The summed E-state index contributed by atoms with van der Waals surface area (Å²) in [6.07, 6.45) is -0.882. The summed E-state index contributed by atoms with van der Waals surface area (Å²) in [5.74, 6) is -5.88. The van der Waals surface area contributed by atoms with E-state index in [4.69, 9.17) is 5.11 Å². The van der Waals surface area contributed by atoms with Crippen LogP contribution in [0.15, 0.2) is 6.07 Å². The minimum Gasteiger partial charge on any atom is -0.477 e. The molecule has 4 nitrogen and oxygen atoms in total. The third kappa shape index (κ3) is 2.24. The van der Waals surface area contributed by atoms with E-state index >= 15 is 0 Å². The lowest BCUT2D eigenvalue weighted by atomic mass is 10.2. The first-order chi connectivity index (χ1) is 5.92. The third-order valence-electron chi connectivity index (χ3n) is 1.48. The molecule has 0 aliphatic rings. The van der Waals surface area contributed by atoms with Crippen molar-refractivity contribution in [1.29, 1.82) is 0 Å². The van der Waals surface area contributed by atoms with Crippen LogP contribution in [0.3, 0.4) is 0 Å². The van der Waals surface area contributed by atoms with Gasteiger partial charge in [0.05, 0.1) is 12.1 Å². The topological polar surface area (TPSA) is 66.0 Å². The molecule has 13 heavy (non-hydrogen) atoms. The maximum absolute atomic E-state index is 12.6. The van der Waals surface area contributed by atoms with Crippen molar-refractivity contribution in [3.63, 3.8) is 0 Å². The van der Waals surface area contributed by atoms with E-state index in [0.29, 0.717) is 5.69 Å². The number of halogens is 2. The fourth-order valence-electron chi connectivity index (χ4n) is 0.868. The number of nitrogens with zero attached hydrogens (tertiary/aromatic N) is 1. The molecule has 0 saturated heterocycles. The number of hydrogen-bond acceptors (Lipinski definition) is 2. The highest BCUT2D eigenvalue weighted by molar-refractivity contribution is 5.75. The van der Waals surface area contributed by atoms with Crippen molar-refractivity contribution in [3.05, 3.63) is 17.5 Å². The van der Waals surface area contributed by atoms with E-state index in [1.807, 2.05) is 0 Å². The van der Waals surface area contributed by atoms with Crippen LogP contribution < -0.4 is 0 Å². The lowest BCUT2D eigenvalue weighted by Gasteiger charge is -2.07. The Balaban J connectivity index is 2.74. The average molecular weight is 190 g/mol. The number of alkyl halides is 2. The predicted molar refractivity (Wildman–Crippen MR) is 39.6 cm³/mol. The molecule has 0 aliphatic carbocycles. The van der Waals surface area contributed by atoms with Gasteiger partial charge in [0.15, 0.2) is 0 Å². The van der Waals surface area contributed by atoms with Crippen LogP contribution in [0, 0.1) is 6.92 Å². The Hall–Kier alpha value is -1.46. The quantitative estimate of drug-likeness (QED) is 0.746. The number of carboxylic acids is 1. The Morgan fingerprint density at radius 2 is 2.38 bits per heavy atom. The summed E-state index contributed by atoms with van der Waals surface area (Å²) in [6, 6.07) is 1.39. The largest absolute Gasteiger partial charge is 0.477 e. The Labute approximate surface area is 72.6 Å². The number of nitrogens with one attached hydrogen (secondary N) is 1. The van der Waals surface area contributed by atoms with Crippen LogP contribution in [0.4, 0.5) is 8.78 Å². The summed E-state index contributed by atoms with van der Waals surface area (Å²) in [7, 11) is 0. The first kappa shape index (κ1) is 9.63. The van der Waals surface area contributed by atoms with E-state index in [1.54, 1.807) is 6.92 Å². The molecule has 0 bridgehead atoms. The van der Waals surface area contributed by atoms with Crippen LogP contribution in [0.2, 0.25) is 0 Å². The van der Waals surface area contributed by atoms with Crippen molar-refractivity contribution in [2.24, 2.45) is 0 Å². The molecule has 0 fully saturated rings. The van der Waals surface area contributed by atoms with E-state index in [0.717, 1.165) is 0 Å². The molecule has 1 heterocycles. The van der Waals surface area contributed by atoms with E-state index in [2.05, 4.69) is 10.2 Å². The maximum atomic E-state index is 12.6. The van der Waals surface area contributed by atoms with Crippen molar-refractivity contribution in [2.45, 2.75) is 19.3 Å². The standard InChI is InChI=1S/C7H8F2N2O2/c1-4-2-5(11-10-4)3-7(8,9)6(12)13/h2H,3H2,1H3,(H,10,11)(H,12,13). The van der Waals surface area contributed by atoms with E-state index in [9.17, 15) is 13.6 Å². The van der Waals surface area contributed by atoms with Gasteiger partial charge in [0.1, 0.15) is 0 Å². The average Bonchev–Trinajstić information content (AvgIpc) is 2.34. The fraction of sp³-hybridized carbons (Fsp3) is 0.429. The summed E-state index contributed by atoms with van der Waals surface area (Å²) in [5, 5.41) is 14.1. The first-order valence-corrected chi connectivity index (χ1v) is 3.54. The van der Waals surface area contributed by atoms with Crippen LogP contribution in [-0.2, 0) is 11.2 Å². The SMILES string of the molecule is Cc1cc(CC(F)(F)C(=O)O)n[nH]1. The monoisotopic (exact) mass is 190 g/mol. The number of aromatic amines is 1. The molecule has 72 valence electrons. The highest BCUT2D eigenvalue weighted by Crippen LogP contribution is 2.19. The normalized spacial score (nSPS) is 11.6. The molecule has 0 saturated carbocycles. The van der Waals surface area contributed by atoms with Crippen molar-refractivity contribution in [3.8, 4) is 0 Å². The number of aryl methyl sites for hydroxylation is 1. The van der Waals surface area contributed by atoms with E-state index in [1.165, 1.54) is 6.07 Å². The molecular weight excluding hydrogens is 182 g/mol. The number of rotatable bonds is 3. The van der Waals surface area contributed by atoms with Gasteiger partial charge in [0.2, 0.25) is 0 Å². The van der Waals surface area contributed by atoms with Gasteiger partial charge in [-0.15, -0.1) is 0 Å². The molecule has 6 heteroatoms. The van der Waals surface area contributed by atoms with Crippen molar-refractivity contribution < 1.29 is 18.7 Å². The highest BCUT2D eigenvalue weighted by Gasteiger charge is 2.39. The molecule has 0 aliphatic heterocycles. The zero-order valence-corrected chi connectivity index (χ0v) is 6.84. The number of H-pyrrole nitrogens is 1. The van der Waals surface area contributed by atoms with Gasteiger partial charge in [-0.25, -0.2) is 4.79 Å². The number of carbonyl (C=O) groups is 1. The van der Waals surface area contributed by atoms with Crippen LogP contribution in [-0.4, -0.2) is 27.2 Å². The maximum Gasteiger partial charge on any atom is 0.374 e. The van der Waals surface area contributed by atoms with Crippen LogP contribution in [0.1, 0.15) is 11.4 Å². The summed E-state index contributed by atoms with van der Waals surface area (Å²) in [4.78, 5) is 10.0. The van der Waals surface area contributed by atoms with Crippen LogP contribution in [0.5, 0.6) is 0 Å². The molecule has 0 aromatic carbocycles. The lowest BCUT2D eigenvalue weighted by Crippen LogP contribution is -2.30. The van der Waals surface area contributed by atoms with Gasteiger partial charge >= 0.3 is 11.9 Å². The molecular formula is C7H8F2N2O2. The Kier molecular flexibility index (Phi) is 2.31. The van der Waals surface area contributed by atoms with E-state index < -0.39 is 18.3 Å². The first-order valence-electron chi connectivity index (χ1n) is 3.54. The number of hydrogen-bond donors (Lipinski definition) is 2. The second-order valence-corrected chi connectivity index (χ2v) is 2.73. The van der Waals surface area contributed by atoms with Crippen molar-refractivity contribution >= 4 is 5.97 Å². The van der Waals surface area contributed by atoms with Crippen molar-refractivity contribution in [1.82, 2.24) is 10.2 Å². The third-order valence-corrected chi connectivity index (χ3v) is 1.48. The summed E-state index contributed by atoms with van der Waals surface area (Å²) >= 11 is 0. The molecule has 1 aromatic heterocycles. The second-order valence-electron chi connectivity index (χ2n) is 2.73. The summed E-state index contributed by atoms with van der Waals surface area (Å²) in [6.45, 7) is 1.65. The van der Waals surface area contributed by atoms with Crippen molar-refractivity contribution in [2.75, 3.05) is 0 Å². The van der Waals surface area contributed by atoms with Gasteiger partial charge < -0.3 is 5.11 Å². The fourth-order valence-corrected chi connectivity index (χ4v) is 0.868. The van der Waals surface area contributed by atoms with Gasteiger partial charge in [-0.1, -0.05) is 0 Å². The predicted octanol–water partition coefficient (Wildman–Crippen LogP) is 0.981. The second kappa shape index (κ2) is 3.12. The number of aromatic nitrogens is 2. The minimum absolute atomic E-state index is 0.0462. The lowest BCUT2D eigenvalue weighted by molar-refractivity contribution is -0.164. The van der Waals surface area contributed by atoms with Crippen LogP contribution >= 0.6 is 0 Å². The molecule has 0 atom stereocenters. The molecule has 0 amide bonds. The summed E-state index contributed by atoms with van der Waals surface area (Å²) in [5.41, 5.74) is 0.668. The summed E-state index contributed by atoms with van der Waals surface area (Å²) < 4.78 is 25.2. The van der Waals surface area contributed by atoms with Gasteiger partial charge in [0.25, 0.3) is 0 Å². The number of aliphatic carboxylic acids is 1. The number of carboxylic acid groups (broad SMARTS) is 1. The highest BCUT2D eigenvalue weighted by atomic mass is 19.3.